The second-order valence-electron chi connectivity index (χ2n) is 6.24. The minimum atomic E-state index is -0.784. The van der Waals surface area contributed by atoms with E-state index in [2.05, 4.69) is 0 Å². The Kier molecular flexibility index (Phi) is 6.19. The highest BCUT2D eigenvalue weighted by Crippen LogP contribution is 2.24. The fraction of sp³-hybridized carbons (Fsp3) is 0.300. The molecule has 1 aliphatic carbocycles. The van der Waals surface area contributed by atoms with Crippen molar-refractivity contribution < 1.29 is 23.8 Å². The zero-order valence-electron chi connectivity index (χ0n) is 14.7. The van der Waals surface area contributed by atoms with Crippen LogP contribution in [-0.2, 0) is 16.1 Å². The van der Waals surface area contributed by atoms with E-state index < -0.39 is 12.6 Å². The van der Waals surface area contributed by atoms with Crippen molar-refractivity contribution in [3.63, 3.8) is 0 Å². The molecule has 1 aromatic carbocycles. The number of aromatic hydroxyl groups is 1. The van der Waals surface area contributed by atoms with E-state index in [0.717, 1.165) is 31.4 Å². The molecule has 0 radical (unpaired) electrons. The van der Waals surface area contributed by atoms with Gasteiger partial charge in [-0.3, -0.25) is 4.79 Å². The van der Waals surface area contributed by atoms with E-state index in [4.69, 9.17) is 20.8 Å². The number of allylic oxidation sites excluding steroid dienone is 2. The number of hydrogen-bond acceptors (Lipinski definition) is 5. The molecule has 1 aliphatic rings. The van der Waals surface area contributed by atoms with Crippen molar-refractivity contribution in [2.24, 2.45) is 0 Å². The first-order chi connectivity index (χ1) is 13.0. The third-order valence-corrected chi connectivity index (χ3v) is 4.55. The van der Waals surface area contributed by atoms with Crippen molar-refractivity contribution in [2.45, 2.75) is 32.2 Å². The Morgan fingerprint density at radius 1 is 1.26 bits per heavy atom. The summed E-state index contributed by atoms with van der Waals surface area (Å²) >= 11 is 5.76. The number of amides is 1. The highest BCUT2D eigenvalue weighted by atomic mass is 35.5. The minimum Gasteiger partial charge on any atom is -0.507 e. The van der Waals surface area contributed by atoms with Crippen LogP contribution in [0.1, 0.15) is 41.8 Å². The van der Waals surface area contributed by atoms with Crippen LogP contribution in [0, 0.1) is 0 Å². The maximum atomic E-state index is 12.7. The molecule has 27 heavy (non-hydrogen) atoms. The van der Waals surface area contributed by atoms with E-state index in [1.54, 1.807) is 23.3 Å². The van der Waals surface area contributed by atoms with Crippen molar-refractivity contribution >= 4 is 23.5 Å². The molecule has 0 aliphatic heterocycles. The lowest BCUT2D eigenvalue weighted by Crippen LogP contribution is -2.34. The highest BCUT2D eigenvalue weighted by Gasteiger charge is 2.23. The lowest BCUT2D eigenvalue weighted by atomic mass is 10.0. The molecule has 1 aromatic heterocycles. The van der Waals surface area contributed by atoms with Gasteiger partial charge < -0.3 is 19.2 Å². The molecule has 7 heteroatoms. The Hall–Kier alpha value is -2.73. The Bertz CT molecular complexity index is 844. The summed E-state index contributed by atoms with van der Waals surface area (Å²) in [4.78, 5) is 26.5. The Balaban J connectivity index is 1.68. The van der Waals surface area contributed by atoms with Gasteiger partial charge in [-0.05, 0) is 56.0 Å². The zero-order valence-corrected chi connectivity index (χ0v) is 15.4. The van der Waals surface area contributed by atoms with Gasteiger partial charge in [0, 0.05) is 10.7 Å². The molecule has 3 rings (SSSR count). The van der Waals surface area contributed by atoms with Crippen molar-refractivity contribution in [1.29, 1.82) is 0 Å². The number of benzene rings is 1. The van der Waals surface area contributed by atoms with Crippen LogP contribution in [0.15, 0.2) is 52.8 Å². The third-order valence-electron chi connectivity index (χ3n) is 4.32. The number of esters is 1. The molecular formula is C20H20ClNO5. The van der Waals surface area contributed by atoms with Gasteiger partial charge in [0.25, 0.3) is 5.91 Å². The van der Waals surface area contributed by atoms with Gasteiger partial charge in [-0.2, -0.15) is 0 Å². The largest absolute Gasteiger partial charge is 0.507 e. The van der Waals surface area contributed by atoms with Crippen molar-refractivity contribution in [3.8, 4) is 5.75 Å². The molecule has 1 N–H and O–H groups in total. The normalized spacial score (nSPS) is 13.7. The first-order valence-electron chi connectivity index (χ1n) is 8.72. The molecule has 2 aromatic rings. The second-order valence-corrected chi connectivity index (χ2v) is 6.67. The van der Waals surface area contributed by atoms with Gasteiger partial charge in [-0.1, -0.05) is 17.7 Å². The molecule has 6 nitrogen and oxygen atoms in total. The molecule has 1 amide bonds. The molecule has 0 spiro atoms. The number of phenolic OH excluding ortho intramolecular Hbond substituents is 1. The quantitative estimate of drug-likeness (QED) is 0.746. The predicted molar refractivity (Wildman–Crippen MR) is 99.2 cm³/mol. The van der Waals surface area contributed by atoms with E-state index >= 15 is 0 Å². The van der Waals surface area contributed by atoms with Gasteiger partial charge in [0.2, 0.25) is 0 Å². The van der Waals surface area contributed by atoms with E-state index in [0.29, 0.717) is 10.8 Å². The molecule has 0 saturated carbocycles. The van der Waals surface area contributed by atoms with Crippen molar-refractivity contribution in [2.75, 3.05) is 6.61 Å². The van der Waals surface area contributed by atoms with Crippen LogP contribution in [0.2, 0.25) is 5.02 Å². The van der Waals surface area contributed by atoms with Crippen molar-refractivity contribution in [1.82, 2.24) is 4.90 Å². The molecule has 142 valence electrons. The smallest absolute Gasteiger partial charge is 0.342 e. The number of carbonyl (C=O) groups is 2. The van der Waals surface area contributed by atoms with Gasteiger partial charge in [-0.25, -0.2) is 4.79 Å². The lowest BCUT2D eigenvalue weighted by Gasteiger charge is -2.27. The van der Waals surface area contributed by atoms with E-state index in [1.807, 2.05) is 6.08 Å². The summed E-state index contributed by atoms with van der Waals surface area (Å²) in [6.45, 7) is -0.152. The Morgan fingerprint density at radius 2 is 2.11 bits per heavy atom. The number of hydrogen-bond donors (Lipinski definition) is 1. The van der Waals surface area contributed by atoms with Crippen LogP contribution >= 0.6 is 11.6 Å². The molecule has 0 bridgehead atoms. The summed E-state index contributed by atoms with van der Waals surface area (Å²) in [5, 5.41) is 10.1. The monoisotopic (exact) mass is 389 g/mol. The number of nitrogens with zero attached hydrogens (tertiary/aromatic N) is 1. The van der Waals surface area contributed by atoms with Crippen molar-refractivity contribution in [3.05, 3.63) is 64.7 Å². The number of furan rings is 1. The molecular weight excluding hydrogens is 370 g/mol. The first-order valence-corrected chi connectivity index (χ1v) is 9.10. The van der Waals surface area contributed by atoms with Crippen LogP contribution < -0.4 is 0 Å². The molecule has 0 saturated heterocycles. The summed E-state index contributed by atoms with van der Waals surface area (Å²) in [5.74, 6) is -0.770. The number of carbonyl (C=O) groups excluding carboxylic acids is 2. The average molecular weight is 390 g/mol. The number of halogens is 1. The van der Waals surface area contributed by atoms with Gasteiger partial charge in [-0.15, -0.1) is 0 Å². The second kappa shape index (κ2) is 8.77. The summed E-state index contributed by atoms with van der Waals surface area (Å²) in [5.41, 5.74) is 0.870. The van der Waals surface area contributed by atoms with Crippen LogP contribution in [0.25, 0.3) is 0 Å². The summed E-state index contributed by atoms with van der Waals surface area (Å²) in [6, 6.07) is 7.62. The Labute approximate surface area is 162 Å². The molecule has 0 unspecified atom stereocenters. The predicted octanol–water partition coefficient (Wildman–Crippen LogP) is 4.28. The topological polar surface area (TPSA) is 80.0 Å². The van der Waals surface area contributed by atoms with E-state index in [9.17, 15) is 14.7 Å². The Morgan fingerprint density at radius 3 is 2.78 bits per heavy atom. The van der Waals surface area contributed by atoms with Crippen LogP contribution in [-0.4, -0.2) is 28.5 Å². The molecule has 1 heterocycles. The van der Waals surface area contributed by atoms with Gasteiger partial charge in [0.15, 0.2) is 6.61 Å². The fourth-order valence-corrected chi connectivity index (χ4v) is 3.10. The van der Waals surface area contributed by atoms with Gasteiger partial charge in [0.1, 0.15) is 17.1 Å². The number of rotatable bonds is 6. The highest BCUT2D eigenvalue weighted by molar-refractivity contribution is 6.30. The maximum Gasteiger partial charge on any atom is 0.342 e. The van der Waals surface area contributed by atoms with Crippen LogP contribution in [0.5, 0.6) is 5.75 Å². The lowest BCUT2D eigenvalue weighted by molar-refractivity contribution is -0.133. The summed E-state index contributed by atoms with van der Waals surface area (Å²) in [6.07, 6.45) is 7.39. The number of ether oxygens (including phenoxy) is 1. The van der Waals surface area contributed by atoms with E-state index in [1.165, 1.54) is 18.2 Å². The van der Waals surface area contributed by atoms with E-state index in [-0.39, 0.29) is 23.8 Å². The maximum absolute atomic E-state index is 12.7. The number of phenols is 1. The SMILES string of the molecule is O=C(OCC(=O)N(Cc1ccco1)C1=CCCCC1)c1ccc(Cl)cc1O. The standard InChI is InChI=1S/C20H20ClNO5/c21-14-8-9-17(18(23)11-14)20(25)27-13-19(24)22(12-16-7-4-10-26-16)15-5-2-1-3-6-15/h4-5,7-11,23H,1-3,6,12-13H2. The van der Waals surface area contributed by atoms with Crippen LogP contribution in [0.3, 0.4) is 0 Å². The minimum absolute atomic E-state index is 0.0401. The summed E-state index contributed by atoms with van der Waals surface area (Å²) < 4.78 is 10.5. The summed E-state index contributed by atoms with van der Waals surface area (Å²) in [7, 11) is 0. The molecule has 0 fully saturated rings. The zero-order chi connectivity index (χ0) is 19.2. The third kappa shape index (κ3) is 4.92. The van der Waals surface area contributed by atoms with Crippen LogP contribution in [0.4, 0.5) is 0 Å². The molecule has 0 atom stereocenters. The van der Waals surface area contributed by atoms with Gasteiger partial charge >= 0.3 is 5.97 Å². The fourth-order valence-electron chi connectivity index (χ4n) is 2.93. The van der Waals surface area contributed by atoms with Gasteiger partial charge in [0.05, 0.1) is 12.8 Å². The average Bonchev–Trinajstić information content (AvgIpc) is 3.18. The first kappa shape index (κ1) is 19.0.